The van der Waals surface area contributed by atoms with Crippen molar-refractivity contribution >= 4 is 21.8 Å². The fourth-order valence-electron chi connectivity index (χ4n) is 4.63. The first kappa shape index (κ1) is 22.5. The van der Waals surface area contributed by atoms with E-state index in [9.17, 15) is 0 Å². The standard InChI is InChI=1S/C29H28N4O3/c1-2-5-21(6-3-1)36-23-8-9-24-26(19-30-27(24)18-23)29-25-10-7-22(17-28(25)31-20-32-29)35-14-4-11-33-12-15-34-16-13-33/h1-3,5-10,17-20,30H,4,11-16H2. The summed E-state index contributed by atoms with van der Waals surface area (Å²) < 4.78 is 17.4. The van der Waals surface area contributed by atoms with Gasteiger partial charge in [0.1, 0.15) is 23.6 Å². The van der Waals surface area contributed by atoms with Crippen LogP contribution in [-0.2, 0) is 4.74 Å². The van der Waals surface area contributed by atoms with Gasteiger partial charge in [-0.05, 0) is 42.8 Å². The molecule has 3 heterocycles. The number of hydrogen-bond acceptors (Lipinski definition) is 6. The number of ether oxygens (including phenoxy) is 3. The van der Waals surface area contributed by atoms with Gasteiger partial charge in [-0.2, -0.15) is 0 Å². The van der Waals surface area contributed by atoms with Gasteiger partial charge in [-0.1, -0.05) is 18.2 Å². The highest BCUT2D eigenvalue weighted by Gasteiger charge is 2.14. The number of nitrogens with zero attached hydrogens (tertiary/aromatic N) is 3. The zero-order valence-electron chi connectivity index (χ0n) is 20.0. The summed E-state index contributed by atoms with van der Waals surface area (Å²) in [5.41, 5.74) is 3.78. The third-order valence-corrected chi connectivity index (χ3v) is 6.49. The van der Waals surface area contributed by atoms with Crippen LogP contribution in [0.15, 0.2) is 79.3 Å². The number of aromatic nitrogens is 3. The fourth-order valence-corrected chi connectivity index (χ4v) is 4.63. The Bertz CT molecular complexity index is 1460. The van der Waals surface area contributed by atoms with Crippen molar-refractivity contribution in [3.8, 4) is 28.5 Å². The van der Waals surface area contributed by atoms with Crippen LogP contribution in [0.2, 0.25) is 0 Å². The maximum absolute atomic E-state index is 6.03. The molecule has 1 fully saturated rings. The summed E-state index contributed by atoms with van der Waals surface area (Å²) in [5, 5.41) is 2.07. The Balaban J connectivity index is 1.19. The predicted molar refractivity (Wildman–Crippen MR) is 141 cm³/mol. The highest BCUT2D eigenvalue weighted by molar-refractivity contribution is 6.03. The number of para-hydroxylation sites is 1. The molecule has 2 aromatic heterocycles. The molecule has 5 aromatic rings. The number of nitrogens with one attached hydrogen (secondary N) is 1. The Hall–Kier alpha value is -3.94. The third-order valence-electron chi connectivity index (χ3n) is 6.49. The average molecular weight is 481 g/mol. The number of rotatable bonds is 8. The van der Waals surface area contributed by atoms with E-state index in [0.717, 1.165) is 89.6 Å². The summed E-state index contributed by atoms with van der Waals surface area (Å²) in [6, 6.07) is 21.9. The van der Waals surface area contributed by atoms with Crippen LogP contribution in [0.4, 0.5) is 0 Å². The van der Waals surface area contributed by atoms with Gasteiger partial charge >= 0.3 is 0 Å². The van der Waals surface area contributed by atoms with Gasteiger partial charge in [0.2, 0.25) is 0 Å². The van der Waals surface area contributed by atoms with Crippen molar-refractivity contribution in [2.45, 2.75) is 6.42 Å². The second-order valence-electron chi connectivity index (χ2n) is 8.88. The molecule has 0 bridgehead atoms. The maximum Gasteiger partial charge on any atom is 0.129 e. The molecule has 0 unspecified atom stereocenters. The molecule has 7 heteroatoms. The highest BCUT2D eigenvalue weighted by atomic mass is 16.5. The molecule has 1 N–H and O–H groups in total. The molecule has 1 saturated heterocycles. The largest absolute Gasteiger partial charge is 0.493 e. The zero-order valence-corrected chi connectivity index (χ0v) is 20.0. The van der Waals surface area contributed by atoms with Crippen LogP contribution in [0, 0.1) is 0 Å². The Kier molecular flexibility index (Phi) is 6.48. The average Bonchev–Trinajstić information content (AvgIpc) is 3.35. The Morgan fingerprint density at radius 2 is 1.69 bits per heavy atom. The molecular weight excluding hydrogens is 452 g/mol. The minimum absolute atomic E-state index is 0.677. The SMILES string of the molecule is c1ccc(Oc2ccc3c(-c4ncnc5cc(OCCCN6CCOCC6)ccc45)c[nH]c3c2)cc1. The van der Waals surface area contributed by atoms with Gasteiger partial charge in [-0.25, -0.2) is 9.97 Å². The van der Waals surface area contributed by atoms with Crippen molar-refractivity contribution in [3.63, 3.8) is 0 Å². The van der Waals surface area contributed by atoms with Gasteiger partial charge in [0.15, 0.2) is 0 Å². The van der Waals surface area contributed by atoms with Crippen molar-refractivity contribution in [1.82, 2.24) is 19.9 Å². The minimum atomic E-state index is 0.677. The molecule has 0 radical (unpaired) electrons. The zero-order chi connectivity index (χ0) is 24.2. The Labute approximate surface area is 209 Å². The van der Waals surface area contributed by atoms with Crippen molar-refractivity contribution in [2.75, 3.05) is 39.5 Å². The summed E-state index contributed by atoms with van der Waals surface area (Å²) >= 11 is 0. The lowest BCUT2D eigenvalue weighted by Crippen LogP contribution is -2.37. The number of hydrogen-bond donors (Lipinski definition) is 1. The van der Waals surface area contributed by atoms with Crippen molar-refractivity contribution in [1.29, 1.82) is 0 Å². The third kappa shape index (κ3) is 4.89. The molecule has 1 aliphatic heterocycles. The molecule has 0 saturated carbocycles. The van der Waals surface area contributed by atoms with E-state index in [4.69, 9.17) is 14.2 Å². The van der Waals surface area contributed by atoms with Crippen LogP contribution in [0.1, 0.15) is 6.42 Å². The van der Waals surface area contributed by atoms with E-state index in [1.807, 2.05) is 66.9 Å². The van der Waals surface area contributed by atoms with E-state index >= 15 is 0 Å². The van der Waals surface area contributed by atoms with Crippen LogP contribution >= 0.6 is 0 Å². The van der Waals surface area contributed by atoms with Gasteiger partial charge in [0.25, 0.3) is 0 Å². The smallest absolute Gasteiger partial charge is 0.129 e. The van der Waals surface area contributed by atoms with Crippen LogP contribution in [0.5, 0.6) is 17.2 Å². The molecule has 36 heavy (non-hydrogen) atoms. The van der Waals surface area contributed by atoms with Crippen molar-refractivity contribution in [2.24, 2.45) is 0 Å². The molecule has 0 spiro atoms. The van der Waals surface area contributed by atoms with Crippen LogP contribution in [-0.4, -0.2) is 59.3 Å². The van der Waals surface area contributed by atoms with E-state index in [0.29, 0.717) is 6.61 Å². The molecule has 182 valence electrons. The second-order valence-corrected chi connectivity index (χ2v) is 8.88. The fraction of sp³-hybridized carbons (Fsp3) is 0.241. The Morgan fingerprint density at radius 1 is 0.861 bits per heavy atom. The lowest BCUT2D eigenvalue weighted by atomic mass is 10.1. The van der Waals surface area contributed by atoms with Crippen LogP contribution < -0.4 is 9.47 Å². The number of benzene rings is 3. The summed E-state index contributed by atoms with van der Waals surface area (Å²) in [6.45, 7) is 5.37. The normalized spacial score (nSPS) is 14.3. The lowest BCUT2D eigenvalue weighted by Gasteiger charge is -2.26. The van der Waals surface area contributed by atoms with Gasteiger partial charge in [0, 0.05) is 59.8 Å². The molecule has 0 aliphatic carbocycles. The first-order chi connectivity index (χ1) is 17.8. The van der Waals surface area contributed by atoms with Crippen molar-refractivity contribution < 1.29 is 14.2 Å². The van der Waals surface area contributed by atoms with E-state index in [2.05, 4.69) is 25.9 Å². The molecule has 6 rings (SSSR count). The minimum Gasteiger partial charge on any atom is -0.493 e. The predicted octanol–water partition coefficient (Wildman–Crippen LogP) is 5.67. The molecule has 0 atom stereocenters. The Morgan fingerprint density at radius 3 is 2.58 bits per heavy atom. The second kappa shape index (κ2) is 10.4. The number of aromatic amines is 1. The van der Waals surface area contributed by atoms with Gasteiger partial charge in [0.05, 0.1) is 31.0 Å². The lowest BCUT2D eigenvalue weighted by molar-refractivity contribution is 0.0358. The molecule has 0 amide bonds. The van der Waals surface area contributed by atoms with E-state index in [-0.39, 0.29) is 0 Å². The first-order valence-electron chi connectivity index (χ1n) is 12.4. The van der Waals surface area contributed by atoms with Gasteiger partial charge in [-0.15, -0.1) is 0 Å². The summed E-state index contributed by atoms with van der Waals surface area (Å²) in [4.78, 5) is 14.9. The van der Waals surface area contributed by atoms with E-state index < -0.39 is 0 Å². The van der Waals surface area contributed by atoms with Crippen LogP contribution in [0.3, 0.4) is 0 Å². The first-order valence-corrected chi connectivity index (χ1v) is 12.4. The number of morpholine rings is 1. The maximum atomic E-state index is 6.03. The quantitative estimate of drug-likeness (QED) is 0.289. The molecule has 1 aliphatic rings. The van der Waals surface area contributed by atoms with Crippen molar-refractivity contribution in [3.05, 3.63) is 79.3 Å². The summed E-state index contributed by atoms with van der Waals surface area (Å²) in [6.07, 6.45) is 4.60. The van der Waals surface area contributed by atoms with E-state index in [1.54, 1.807) is 6.33 Å². The topological polar surface area (TPSA) is 72.5 Å². The summed E-state index contributed by atoms with van der Waals surface area (Å²) in [5.74, 6) is 2.42. The van der Waals surface area contributed by atoms with Gasteiger partial charge in [-0.3, -0.25) is 4.90 Å². The monoisotopic (exact) mass is 480 g/mol. The molecule has 3 aromatic carbocycles. The van der Waals surface area contributed by atoms with Gasteiger partial charge < -0.3 is 19.2 Å². The number of fused-ring (bicyclic) bond motifs is 2. The highest BCUT2D eigenvalue weighted by Crippen LogP contribution is 2.35. The summed E-state index contributed by atoms with van der Waals surface area (Å²) in [7, 11) is 0. The van der Waals surface area contributed by atoms with Crippen LogP contribution in [0.25, 0.3) is 33.1 Å². The molecule has 7 nitrogen and oxygen atoms in total. The van der Waals surface area contributed by atoms with E-state index in [1.165, 1.54) is 0 Å². The number of H-pyrrole nitrogens is 1. The molecular formula is C29H28N4O3.